The number of sulfonamides is 1. The van der Waals surface area contributed by atoms with Crippen molar-refractivity contribution in [2.24, 2.45) is 12.8 Å². The third kappa shape index (κ3) is 3.43. The Morgan fingerprint density at radius 1 is 1.24 bits per heavy atom. The van der Waals surface area contributed by atoms with Crippen LogP contribution in [0.4, 0.5) is 0 Å². The summed E-state index contributed by atoms with van der Waals surface area (Å²) in [7, 11) is -1.87. The molecule has 1 saturated heterocycles. The van der Waals surface area contributed by atoms with Crippen molar-refractivity contribution in [1.29, 1.82) is 0 Å². The van der Waals surface area contributed by atoms with Crippen LogP contribution in [0.15, 0.2) is 21.6 Å². The summed E-state index contributed by atoms with van der Waals surface area (Å²) in [6.07, 6.45) is 0. The molecule has 0 aromatic carbocycles. The predicted molar refractivity (Wildman–Crippen MR) is 87.0 cm³/mol. The van der Waals surface area contributed by atoms with Gasteiger partial charge in [0.15, 0.2) is 5.76 Å². The van der Waals surface area contributed by atoms with Crippen molar-refractivity contribution in [2.45, 2.75) is 18.6 Å². The predicted octanol–water partition coefficient (Wildman–Crippen LogP) is -0.678. The van der Waals surface area contributed by atoms with Gasteiger partial charge in [-0.25, -0.2) is 8.42 Å². The van der Waals surface area contributed by atoms with Gasteiger partial charge in [-0.1, -0.05) is 0 Å². The number of rotatable bonds is 5. The SMILES string of the molecule is Cc1nnc(CN2CCN(S(=O)(=O)c3ccc(C(N)=O)o3)CC2)n1C. The van der Waals surface area contributed by atoms with Crippen molar-refractivity contribution in [2.75, 3.05) is 26.2 Å². The van der Waals surface area contributed by atoms with Gasteiger partial charge in [0.25, 0.3) is 15.9 Å². The zero-order valence-corrected chi connectivity index (χ0v) is 14.9. The molecule has 11 heteroatoms. The number of piperazine rings is 1. The molecule has 0 unspecified atom stereocenters. The Hall–Kier alpha value is -2.24. The van der Waals surface area contributed by atoms with Crippen LogP contribution in [0.25, 0.3) is 0 Å². The Morgan fingerprint density at radius 3 is 2.44 bits per heavy atom. The van der Waals surface area contributed by atoms with Gasteiger partial charge in [0.05, 0.1) is 6.54 Å². The van der Waals surface area contributed by atoms with Gasteiger partial charge >= 0.3 is 0 Å². The van der Waals surface area contributed by atoms with Crippen molar-refractivity contribution in [3.8, 4) is 0 Å². The highest BCUT2D eigenvalue weighted by atomic mass is 32.2. The number of aryl methyl sites for hydroxylation is 1. The molecule has 1 aliphatic rings. The average molecular weight is 368 g/mol. The molecular formula is C14H20N6O4S. The minimum atomic E-state index is -3.78. The van der Waals surface area contributed by atoms with E-state index in [4.69, 9.17) is 10.2 Å². The van der Waals surface area contributed by atoms with Crippen molar-refractivity contribution >= 4 is 15.9 Å². The molecule has 1 amide bonds. The van der Waals surface area contributed by atoms with E-state index in [0.717, 1.165) is 11.6 Å². The molecule has 3 heterocycles. The number of amides is 1. The Balaban J connectivity index is 1.64. The molecule has 10 nitrogen and oxygen atoms in total. The quantitative estimate of drug-likeness (QED) is 0.741. The van der Waals surface area contributed by atoms with Crippen LogP contribution >= 0.6 is 0 Å². The number of nitrogens with two attached hydrogens (primary N) is 1. The van der Waals surface area contributed by atoms with Gasteiger partial charge in [-0.05, 0) is 19.1 Å². The molecular weight excluding hydrogens is 348 g/mol. The number of carbonyl (C=O) groups is 1. The molecule has 136 valence electrons. The molecule has 1 aliphatic heterocycles. The average Bonchev–Trinajstić information content (AvgIpc) is 3.19. The first kappa shape index (κ1) is 17.6. The second-order valence-electron chi connectivity index (χ2n) is 5.89. The molecule has 0 bridgehead atoms. The lowest BCUT2D eigenvalue weighted by molar-refractivity contribution is 0.0968. The summed E-state index contributed by atoms with van der Waals surface area (Å²) >= 11 is 0. The van der Waals surface area contributed by atoms with Gasteiger partial charge in [-0.3, -0.25) is 9.69 Å². The lowest BCUT2D eigenvalue weighted by Crippen LogP contribution is -2.48. The van der Waals surface area contributed by atoms with Crippen LogP contribution in [0, 0.1) is 6.92 Å². The number of hydrogen-bond acceptors (Lipinski definition) is 7. The van der Waals surface area contributed by atoms with Crippen molar-refractivity contribution < 1.29 is 17.6 Å². The van der Waals surface area contributed by atoms with E-state index in [0.29, 0.717) is 32.7 Å². The number of hydrogen-bond donors (Lipinski definition) is 1. The monoisotopic (exact) mass is 368 g/mol. The molecule has 0 aliphatic carbocycles. The maximum absolute atomic E-state index is 12.6. The van der Waals surface area contributed by atoms with Crippen molar-refractivity contribution in [1.82, 2.24) is 24.0 Å². The lowest BCUT2D eigenvalue weighted by Gasteiger charge is -2.33. The first-order valence-electron chi connectivity index (χ1n) is 7.76. The lowest BCUT2D eigenvalue weighted by atomic mass is 10.3. The maximum Gasteiger partial charge on any atom is 0.284 e. The summed E-state index contributed by atoms with van der Waals surface area (Å²) in [6.45, 7) is 4.27. The van der Waals surface area contributed by atoms with E-state index in [9.17, 15) is 13.2 Å². The molecule has 2 aromatic rings. The summed E-state index contributed by atoms with van der Waals surface area (Å²) in [4.78, 5) is 13.2. The third-order valence-electron chi connectivity index (χ3n) is 4.30. The molecule has 3 rings (SSSR count). The van der Waals surface area contributed by atoms with E-state index in [2.05, 4.69) is 15.1 Å². The summed E-state index contributed by atoms with van der Waals surface area (Å²) in [5.74, 6) is 0.699. The van der Waals surface area contributed by atoms with Gasteiger partial charge in [0.2, 0.25) is 5.09 Å². The second-order valence-corrected chi connectivity index (χ2v) is 7.75. The van der Waals surface area contributed by atoms with Gasteiger partial charge in [0.1, 0.15) is 11.6 Å². The van der Waals surface area contributed by atoms with Gasteiger partial charge < -0.3 is 14.7 Å². The molecule has 0 radical (unpaired) electrons. The van der Waals surface area contributed by atoms with Crippen LogP contribution in [0.5, 0.6) is 0 Å². The van der Waals surface area contributed by atoms with Crippen molar-refractivity contribution in [3.05, 3.63) is 29.5 Å². The highest BCUT2D eigenvalue weighted by Gasteiger charge is 2.31. The van der Waals surface area contributed by atoms with Gasteiger partial charge in [-0.2, -0.15) is 4.31 Å². The van der Waals surface area contributed by atoms with Crippen LogP contribution < -0.4 is 5.73 Å². The number of carbonyl (C=O) groups excluding carboxylic acids is 1. The Bertz CT molecular complexity index is 879. The second kappa shape index (κ2) is 6.58. The first-order valence-corrected chi connectivity index (χ1v) is 9.20. The summed E-state index contributed by atoms with van der Waals surface area (Å²) in [6, 6.07) is 2.52. The minimum absolute atomic E-state index is 0.171. The van der Waals surface area contributed by atoms with E-state index < -0.39 is 15.9 Å². The number of aromatic nitrogens is 3. The number of primary amides is 1. The zero-order valence-electron chi connectivity index (χ0n) is 14.0. The van der Waals surface area contributed by atoms with Crippen LogP contribution in [0.3, 0.4) is 0 Å². The van der Waals surface area contributed by atoms with E-state index in [1.54, 1.807) is 0 Å². The number of nitrogens with zero attached hydrogens (tertiary/aromatic N) is 5. The van der Waals surface area contributed by atoms with Crippen LogP contribution in [-0.4, -0.2) is 64.5 Å². The van der Waals surface area contributed by atoms with E-state index in [1.165, 1.54) is 16.4 Å². The standard InChI is InChI=1S/C14H20N6O4S/c1-10-16-17-12(18(10)2)9-19-5-7-20(8-6-19)25(22,23)13-4-3-11(24-13)14(15)21/h3-4H,5-9H2,1-2H3,(H2,15,21). The molecule has 2 aromatic heterocycles. The molecule has 2 N–H and O–H groups in total. The Morgan fingerprint density at radius 2 is 1.92 bits per heavy atom. The van der Waals surface area contributed by atoms with E-state index in [1.807, 2.05) is 18.5 Å². The molecule has 0 atom stereocenters. The fourth-order valence-corrected chi connectivity index (χ4v) is 3.97. The fraction of sp³-hybridized carbons (Fsp3) is 0.500. The summed E-state index contributed by atoms with van der Waals surface area (Å²) in [5, 5.41) is 7.88. The molecule has 25 heavy (non-hydrogen) atoms. The molecule has 0 saturated carbocycles. The van der Waals surface area contributed by atoms with E-state index in [-0.39, 0.29) is 10.9 Å². The van der Waals surface area contributed by atoms with Gasteiger partial charge in [0, 0.05) is 33.2 Å². The Kier molecular flexibility index (Phi) is 4.62. The first-order chi connectivity index (χ1) is 11.8. The Labute approximate surface area is 145 Å². The normalized spacial score (nSPS) is 17.0. The van der Waals surface area contributed by atoms with Crippen LogP contribution in [0.1, 0.15) is 22.2 Å². The fourth-order valence-electron chi connectivity index (χ4n) is 2.64. The van der Waals surface area contributed by atoms with Crippen LogP contribution in [0.2, 0.25) is 0 Å². The smallest absolute Gasteiger partial charge is 0.284 e. The highest BCUT2D eigenvalue weighted by Crippen LogP contribution is 2.20. The van der Waals surface area contributed by atoms with Crippen molar-refractivity contribution in [3.63, 3.8) is 0 Å². The maximum atomic E-state index is 12.6. The summed E-state index contributed by atoms with van der Waals surface area (Å²) < 4.78 is 33.5. The number of furan rings is 1. The topological polar surface area (TPSA) is 128 Å². The highest BCUT2D eigenvalue weighted by molar-refractivity contribution is 7.89. The molecule has 1 fully saturated rings. The largest absolute Gasteiger partial charge is 0.438 e. The van der Waals surface area contributed by atoms with Crippen LogP contribution in [-0.2, 0) is 23.6 Å². The summed E-state index contributed by atoms with van der Waals surface area (Å²) in [5.41, 5.74) is 5.09. The van der Waals surface area contributed by atoms with E-state index >= 15 is 0 Å². The van der Waals surface area contributed by atoms with Gasteiger partial charge in [-0.15, -0.1) is 10.2 Å². The third-order valence-corrected chi connectivity index (χ3v) is 6.07. The minimum Gasteiger partial charge on any atom is -0.438 e. The zero-order chi connectivity index (χ0) is 18.2. The molecule has 0 spiro atoms.